The molecule has 0 radical (unpaired) electrons. The molecule has 1 aliphatic rings. The normalized spacial score (nSPS) is 15.0. The van der Waals surface area contributed by atoms with Gasteiger partial charge in [-0.1, -0.05) is 36.3 Å². The van der Waals surface area contributed by atoms with Gasteiger partial charge in [0.25, 0.3) is 5.91 Å². The topological polar surface area (TPSA) is 83.5 Å². The maximum atomic E-state index is 13.8. The molecule has 7 nitrogen and oxygen atoms in total. The summed E-state index contributed by atoms with van der Waals surface area (Å²) in [6.45, 7) is 5.45. The Morgan fingerprint density at radius 2 is 1.76 bits per heavy atom. The summed E-state index contributed by atoms with van der Waals surface area (Å²) < 4.78 is 29.0. The lowest BCUT2D eigenvalue weighted by Crippen LogP contribution is -2.32. The van der Waals surface area contributed by atoms with Crippen molar-refractivity contribution in [3.63, 3.8) is 0 Å². The minimum absolute atomic E-state index is 0.218. The molecule has 2 aromatic carbocycles. The molecule has 1 saturated heterocycles. The molecule has 192 valence electrons. The Bertz CT molecular complexity index is 1510. The van der Waals surface area contributed by atoms with Gasteiger partial charge in [-0.2, -0.15) is 4.31 Å². The Hall–Kier alpha value is -3.14. The molecular weight excluding hydrogens is 504 g/mol. The summed E-state index contributed by atoms with van der Waals surface area (Å²) in [5.41, 5.74) is 4.38. The summed E-state index contributed by atoms with van der Waals surface area (Å²) in [6, 6.07) is 14.2. The summed E-state index contributed by atoms with van der Waals surface area (Å²) in [4.78, 5) is 24.7. The third kappa shape index (κ3) is 5.44. The molecule has 0 spiro atoms. The van der Waals surface area contributed by atoms with E-state index in [4.69, 9.17) is 4.98 Å². The number of anilines is 1. The zero-order valence-corrected chi connectivity index (χ0v) is 22.7. The SMILES string of the molecule is Cc1cc(C)c2nc(N(Cc3cccnc3)C(=O)c3ccc(S(=O)(=O)N4CCCCCC4)cc3)sc2c1. The van der Waals surface area contributed by atoms with Gasteiger partial charge in [0.15, 0.2) is 5.13 Å². The number of nitrogens with zero attached hydrogens (tertiary/aromatic N) is 4. The summed E-state index contributed by atoms with van der Waals surface area (Å²) in [7, 11) is -3.59. The second kappa shape index (κ2) is 10.7. The van der Waals surface area contributed by atoms with Crippen molar-refractivity contribution in [1.82, 2.24) is 14.3 Å². The molecule has 0 aliphatic carbocycles. The van der Waals surface area contributed by atoms with E-state index >= 15 is 0 Å². The van der Waals surface area contributed by atoms with E-state index in [-0.39, 0.29) is 10.8 Å². The molecule has 0 saturated carbocycles. The molecular formula is C28H30N4O3S2. The maximum Gasteiger partial charge on any atom is 0.260 e. The molecule has 9 heteroatoms. The van der Waals surface area contributed by atoms with Crippen LogP contribution in [-0.4, -0.2) is 41.7 Å². The van der Waals surface area contributed by atoms with Crippen molar-refractivity contribution < 1.29 is 13.2 Å². The average molecular weight is 535 g/mol. The average Bonchev–Trinajstić information content (AvgIpc) is 3.12. The molecule has 0 unspecified atom stereocenters. The third-order valence-corrected chi connectivity index (χ3v) is 9.60. The first-order valence-corrected chi connectivity index (χ1v) is 14.8. The van der Waals surface area contributed by atoms with Crippen molar-refractivity contribution in [2.75, 3.05) is 18.0 Å². The summed E-state index contributed by atoms with van der Waals surface area (Å²) in [6.07, 6.45) is 7.29. The summed E-state index contributed by atoms with van der Waals surface area (Å²) >= 11 is 1.48. The minimum atomic E-state index is -3.59. The standard InChI is InChI=1S/C28H30N4O3S2/c1-20-16-21(2)26-25(17-20)36-28(30-26)32(19-22-8-7-13-29-18-22)27(33)23-9-11-24(12-10-23)37(34,35)31-14-5-3-4-6-15-31/h7-13,16-18H,3-6,14-15,19H2,1-2H3. The number of benzene rings is 2. The van der Waals surface area contributed by atoms with Crippen LogP contribution in [0.25, 0.3) is 10.2 Å². The first-order chi connectivity index (χ1) is 17.8. The van der Waals surface area contributed by atoms with Crippen LogP contribution >= 0.6 is 11.3 Å². The first kappa shape index (κ1) is 25.5. The highest BCUT2D eigenvalue weighted by molar-refractivity contribution is 7.89. The number of thiazole rings is 1. The van der Waals surface area contributed by atoms with Crippen molar-refractivity contribution >= 4 is 42.6 Å². The van der Waals surface area contributed by atoms with E-state index < -0.39 is 10.0 Å². The van der Waals surface area contributed by atoms with E-state index in [0.29, 0.717) is 30.3 Å². The van der Waals surface area contributed by atoms with Gasteiger partial charge in [-0.3, -0.25) is 14.7 Å². The van der Waals surface area contributed by atoms with Crippen molar-refractivity contribution in [2.45, 2.75) is 51.0 Å². The minimum Gasteiger partial charge on any atom is -0.279 e. The van der Waals surface area contributed by atoms with Crippen LogP contribution in [-0.2, 0) is 16.6 Å². The van der Waals surface area contributed by atoms with Gasteiger partial charge in [0.1, 0.15) is 0 Å². The number of sulfonamides is 1. The number of carbonyl (C=O) groups excluding carboxylic acids is 1. The van der Waals surface area contributed by atoms with Crippen LogP contribution in [0, 0.1) is 13.8 Å². The quantitative estimate of drug-likeness (QED) is 0.316. The van der Waals surface area contributed by atoms with Gasteiger partial charge in [0, 0.05) is 31.0 Å². The van der Waals surface area contributed by atoms with Gasteiger partial charge in [0.05, 0.1) is 21.7 Å². The third-order valence-electron chi connectivity index (χ3n) is 6.66. The molecule has 1 aliphatic heterocycles. The molecule has 0 atom stereocenters. The largest absolute Gasteiger partial charge is 0.279 e. The van der Waals surface area contributed by atoms with E-state index in [1.165, 1.54) is 11.3 Å². The van der Waals surface area contributed by atoms with Crippen molar-refractivity contribution in [1.29, 1.82) is 0 Å². The lowest BCUT2D eigenvalue weighted by atomic mass is 10.1. The number of rotatable bonds is 6. The van der Waals surface area contributed by atoms with Gasteiger partial charge in [-0.25, -0.2) is 13.4 Å². The lowest BCUT2D eigenvalue weighted by molar-refractivity contribution is 0.0985. The van der Waals surface area contributed by atoms with Gasteiger partial charge < -0.3 is 0 Å². The second-order valence-corrected chi connectivity index (χ2v) is 12.5. The smallest absolute Gasteiger partial charge is 0.260 e. The maximum absolute atomic E-state index is 13.8. The molecule has 1 amide bonds. The molecule has 37 heavy (non-hydrogen) atoms. The second-order valence-electron chi connectivity index (χ2n) is 9.52. The number of hydrogen-bond donors (Lipinski definition) is 0. The number of fused-ring (bicyclic) bond motifs is 1. The van der Waals surface area contributed by atoms with E-state index in [1.807, 2.05) is 26.0 Å². The molecule has 0 bridgehead atoms. The van der Waals surface area contributed by atoms with Crippen molar-refractivity contribution in [3.8, 4) is 0 Å². The summed E-state index contributed by atoms with van der Waals surface area (Å²) in [5.74, 6) is -0.240. The Kier molecular flexibility index (Phi) is 7.37. The number of amides is 1. The molecule has 2 aromatic heterocycles. The zero-order chi connectivity index (χ0) is 26.0. The molecule has 1 fully saturated rings. The Morgan fingerprint density at radius 3 is 2.43 bits per heavy atom. The van der Waals surface area contributed by atoms with Crippen LogP contribution in [0.5, 0.6) is 0 Å². The number of hydrogen-bond acceptors (Lipinski definition) is 6. The van der Waals surface area contributed by atoms with Crippen LogP contribution < -0.4 is 4.90 Å². The van der Waals surface area contributed by atoms with Gasteiger partial charge in [-0.05, 0) is 79.8 Å². The predicted molar refractivity (Wildman–Crippen MR) is 148 cm³/mol. The fourth-order valence-electron chi connectivity index (χ4n) is 4.73. The van der Waals surface area contributed by atoms with Crippen LogP contribution in [0.2, 0.25) is 0 Å². The number of aryl methyl sites for hydroxylation is 2. The van der Waals surface area contributed by atoms with E-state index in [2.05, 4.69) is 17.1 Å². The number of pyridine rings is 1. The monoisotopic (exact) mass is 534 g/mol. The Labute approximate surface area is 221 Å². The van der Waals surface area contributed by atoms with Crippen molar-refractivity contribution in [2.24, 2.45) is 0 Å². The molecule has 4 aromatic rings. The van der Waals surface area contributed by atoms with Gasteiger partial charge >= 0.3 is 0 Å². The highest BCUT2D eigenvalue weighted by Crippen LogP contribution is 2.33. The first-order valence-electron chi connectivity index (χ1n) is 12.5. The molecule has 0 N–H and O–H groups in total. The highest BCUT2D eigenvalue weighted by Gasteiger charge is 2.27. The Morgan fingerprint density at radius 1 is 1.03 bits per heavy atom. The zero-order valence-electron chi connectivity index (χ0n) is 21.1. The lowest BCUT2D eigenvalue weighted by Gasteiger charge is -2.21. The number of carbonyl (C=O) groups is 1. The van der Waals surface area contributed by atoms with E-state index in [1.54, 1.807) is 45.9 Å². The van der Waals surface area contributed by atoms with Crippen molar-refractivity contribution in [3.05, 3.63) is 83.2 Å². The van der Waals surface area contributed by atoms with E-state index in [9.17, 15) is 13.2 Å². The van der Waals surface area contributed by atoms with Crippen LogP contribution in [0.3, 0.4) is 0 Å². The summed E-state index contributed by atoms with van der Waals surface area (Å²) in [5, 5.41) is 0.596. The number of aromatic nitrogens is 2. The van der Waals surface area contributed by atoms with E-state index in [0.717, 1.165) is 52.6 Å². The molecule has 5 rings (SSSR count). The Balaban J connectivity index is 1.47. The fraction of sp³-hybridized carbons (Fsp3) is 0.321. The van der Waals surface area contributed by atoms with Gasteiger partial charge in [0.2, 0.25) is 10.0 Å². The van der Waals surface area contributed by atoms with Crippen LogP contribution in [0.4, 0.5) is 5.13 Å². The molecule has 3 heterocycles. The highest BCUT2D eigenvalue weighted by atomic mass is 32.2. The van der Waals surface area contributed by atoms with Gasteiger partial charge in [-0.15, -0.1) is 0 Å². The van der Waals surface area contributed by atoms with Crippen LogP contribution in [0.15, 0.2) is 65.8 Å². The predicted octanol–water partition coefficient (Wildman–Crippen LogP) is 5.72. The van der Waals surface area contributed by atoms with Crippen LogP contribution in [0.1, 0.15) is 52.7 Å². The fourth-order valence-corrected chi connectivity index (χ4v) is 7.39.